The number of benzene rings is 2. The molecule has 0 saturated carbocycles. The minimum atomic E-state index is -1.45. The number of nitriles is 1. The molecule has 0 fully saturated rings. The third-order valence-corrected chi connectivity index (χ3v) is 7.80. The van der Waals surface area contributed by atoms with Gasteiger partial charge in [0, 0.05) is 11.9 Å². The Kier molecular flexibility index (Phi) is 24.3. The molecule has 0 amide bonds. The fourth-order valence-electron chi connectivity index (χ4n) is 5.15. The van der Waals surface area contributed by atoms with E-state index in [4.69, 9.17) is 37.2 Å². The Labute approximate surface area is 440 Å². The van der Waals surface area contributed by atoms with Crippen LogP contribution < -0.4 is 121 Å². The average Bonchev–Trinajstić information content (AvgIpc) is 4.02. The Hall–Kier alpha value is -7.44. The molecule has 0 unspecified atom stereocenters. The van der Waals surface area contributed by atoms with E-state index in [-0.39, 0.29) is 198 Å². The molecule has 7 aromatic rings. The smallest absolute Gasteiger partial charge is 0.844 e. The van der Waals surface area contributed by atoms with Gasteiger partial charge in [0.15, 0.2) is 34.6 Å². The SMILES string of the molecule is O=C=O.O=C=O.[C-]#[N+]c1cnn(-c2c[c-]cc(C(=O)[O-])c2)c1N=Nc1c(C)nn(-c2nc([O-])nc(-n3nc(C)c(N=Nc4c(C#N)cnn4-c4c[c-]cc(C(=O)[O-])c4)c3N)n2)c1N.[Li+].[Li+].[Li+].[Li+].[Li+]. The number of azo groups is 2. The quantitative estimate of drug-likeness (QED) is 0.0731. The zero-order valence-electron chi connectivity index (χ0n) is 36.6. The molecule has 0 bridgehead atoms. The van der Waals surface area contributed by atoms with Crippen LogP contribution in [0.3, 0.4) is 0 Å². The monoisotopic (exact) mass is 883 g/mol. The van der Waals surface area contributed by atoms with Crippen LogP contribution in [0.1, 0.15) is 37.7 Å². The molecule has 2 aromatic carbocycles. The number of aromatic carboxylic acids is 2. The standard InChI is InChI=1S/C33H21N19O5.2CO2.5Li/c1-15-23(43-45-27-19(12-34)13-38-49(27)20-8-4-6-17(10-20)29(53)54)25(35)51(47-15)31-40-32(42-33(57)41-31)52-26(36)24(16(2)48-52)44-46-28-22(37-3)14-39-50(28)21-9-5-7-18(11-21)30(55)56;2*2-1-3;;;;;/h6-11,13-14H,35-36H2,1-2H3,(H,53,54)(H,55,56)(H,40,41,42,57);;;;;;;/q-2;;;5*+1/p-3. The fraction of sp³-hybridized carbons (Fsp3) is 0.0571. The molecule has 33 heteroatoms. The molecule has 0 radical (unpaired) electrons. The van der Waals surface area contributed by atoms with E-state index in [0.29, 0.717) is 0 Å². The van der Waals surface area contributed by atoms with Gasteiger partial charge in [0.2, 0.25) is 0 Å². The van der Waals surface area contributed by atoms with Crippen LogP contribution >= 0.6 is 0 Å². The Bertz CT molecular complexity index is 2950. The van der Waals surface area contributed by atoms with E-state index in [2.05, 4.69) is 72.8 Å². The van der Waals surface area contributed by atoms with Gasteiger partial charge < -0.3 is 36.4 Å². The van der Waals surface area contributed by atoms with Crippen LogP contribution in [0.5, 0.6) is 6.01 Å². The average molecular weight is 883 g/mol. The fourth-order valence-corrected chi connectivity index (χ4v) is 5.15. The van der Waals surface area contributed by atoms with Gasteiger partial charge in [-0.25, -0.2) is 14.8 Å². The predicted molar refractivity (Wildman–Crippen MR) is 195 cm³/mol. The van der Waals surface area contributed by atoms with Gasteiger partial charge in [-0.2, -0.15) is 95.6 Å². The van der Waals surface area contributed by atoms with Gasteiger partial charge in [0.1, 0.15) is 11.6 Å². The molecule has 5 aromatic heterocycles. The van der Waals surface area contributed by atoms with Gasteiger partial charge in [0.25, 0.3) is 17.6 Å². The summed E-state index contributed by atoms with van der Waals surface area (Å²) in [5.41, 5.74) is 13.1. The maximum absolute atomic E-state index is 12.8. The van der Waals surface area contributed by atoms with Crippen LogP contribution in [0.15, 0.2) is 69.2 Å². The first-order valence-electron chi connectivity index (χ1n) is 16.6. The maximum Gasteiger partial charge on any atom is 1.00 e. The zero-order chi connectivity index (χ0) is 46.0. The minimum absolute atomic E-state index is 0. The largest absolute Gasteiger partial charge is 1.00 e. The molecule has 312 valence electrons. The number of carboxylic acids is 2. The summed E-state index contributed by atoms with van der Waals surface area (Å²) in [5.74, 6) is -4.12. The topological polar surface area (TPSA) is 411 Å². The van der Waals surface area contributed by atoms with E-state index >= 15 is 0 Å². The van der Waals surface area contributed by atoms with Gasteiger partial charge in [-0.15, -0.1) is 43.7 Å². The van der Waals surface area contributed by atoms with Crippen LogP contribution in [0.2, 0.25) is 0 Å². The molecule has 0 saturated heterocycles. The number of aromatic nitrogens is 11. The molecule has 68 heavy (non-hydrogen) atoms. The first-order chi connectivity index (χ1) is 30.2. The van der Waals surface area contributed by atoms with E-state index in [1.807, 2.05) is 6.07 Å². The second-order valence-corrected chi connectivity index (χ2v) is 11.6. The third-order valence-electron chi connectivity index (χ3n) is 7.80. The van der Waals surface area contributed by atoms with E-state index in [1.165, 1.54) is 72.0 Å². The number of nitrogens with zero attached hydrogens (tertiary/aromatic N) is 17. The van der Waals surface area contributed by atoms with Crippen molar-refractivity contribution in [2.24, 2.45) is 20.5 Å². The number of carbonyl (C=O) groups excluding carboxylic acids is 6. The normalized spacial score (nSPS) is 9.71. The first-order valence-corrected chi connectivity index (χ1v) is 16.6. The van der Waals surface area contributed by atoms with Crippen molar-refractivity contribution >= 4 is 64.6 Å². The summed E-state index contributed by atoms with van der Waals surface area (Å²) in [4.78, 5) is 70.6. The maximum atomic E-state index is 12.8. The van der Waals surface area contributed by atoms with E-state index < -0.39 is 17.9 Å². The summed E-state index contributed by atoms with van der Waals surface area (Å²) in [7, 11) is 0. The minimum Gasteiger partial charge on any atom is -0.844 e. The van der Waals surface area contributed by atoms with Crippen molar-refractivity contribution in [1.82, 2.24) is 54.1 Å². The van der Waals surface area contributed by atoms with Crippen LogP contribution in [0.25, 0.3) is 28.1 Å². The number of hydrogen-bond acceptors (Lipinski definition) is 23. The molecule has 0 spiro atoms. The van der Waals surface area contributed by atoms with E-state index in [9.17, 15) is 30.2 Å². The number of rotatable bonds is 10. The summed E-state index contributed by atoms with van der Waals surface area (Å²) in [6.07, 6.45) is 2.92. The first kappa shape index (κ1) is 60.6. The Balaban J connectivity index is 0.00000388. The summed E-state index contributed by atoms with van der Waals surface area (Å²) < 4.78 is 4.33. The van der Waals surface area contributed by atoms with Gasteiger partial charge in [0.05, 0.1) is 36.4 Å². The van der Waals surface area contributed by atoms with Crippen molar-refractivity contribution < 1.29 is 138 Å². The Morgan fingerprint density at radius 2 is 1.10 bits per heavy atom. The Morgan fingerprint density at radius 3 is 1.51 bits per heavy atom. The molecule has 0 aliphatic carbocycles. The number of anilines is 2. The summed E-state index contributed by atoms with van der Waals surface area (Å²) in [6, 6.07) is 14.0. The number of nitrogen functional groups attached to an aromatic ring is 2. The van der Waals surface area contributed by atoms with Crippen molar-refractivity contribution in [1.29, 1.82) is 5.26 Å². The van der Waals surface area contributed by atoms with Crippen molar-refractivity contribution in [2.45, 2.75) is 13.8 Å². The van der Waals surface area contributed by atoms with Crippen molar-refractivity contribution in [2.75, 3.05) is 11.5 Å². The van der Waals surface area contributed by atoms with Gasteiger partial charge in [-0.3, -0.25) is 9.36 Å². The third kappa shape index (κ3) is 13.3. The van der Waals surface area contributed by atoms with Gasteiger partial charge in [-0.1, -0.05) is 0 Å². The van der Waals surface area contributed by atoms with Crippen LogP contribution in [0, 0.1) is 43.9 Å². The van der Waals surface area contributed by atoms with E-state index in [1.54, 1.807) is 0 Å². The molecule has 0 aliphatic rings. The summed E-state index contributed by atoms with van der Waals surface area (Å²) >= 11 is 0. The molecule has 28 nitrogen and oxygen atoms in total. The van der Waals surface area contributed by atoms with Gasteiger partial charge in [-0.05, 0) is 25.2 Å². The molecule has 0 aliphatic heterocycles. The zero-order valence-corrected chi connectivity index (χ0v) is 36.6. The number of carboxylic acid groups (broad SMARTS) is 2. The molecule has 7 rings (SSSR count). The van der Waals surface area contributed by atoms with Crippen LogP contribution in [-0.4, -0.2) is 78.3 Å². The molecule has 0 atom stereocenters. The van der Waals surface area contributed by atoms with Crippen molar-refractivity contribution in [3.8, 4) is 35.4 Å². The molecule has 5 heterocycles. The van der Waals surface area contributed by atoms with Crippen LogP contribution in [-0.2, 0) is 19.2 Å². The van der Waals surface area contributed by atoms with E-state index in [0.717, 1.165) is 9.36 Å². The molecule has 4 N–H and O–H groups in total. The molecular weight excluding hydrogens is 865 g/mol. The number of hydrogen-bond donors (Lipinski definition) is 2. The number of nitrogens with two attached hydrogens (primary N) is 2. The molecular formula is C35H18Li5N19O9. The second-order valence-electron chi connectivity index (χ2n) is 11.6. The van der Waals surface area contributed by atoms with Crippen molar-refractivity contribution in [3.63, 3.8) is 0 Å². The number of aryl methyl sites for hydroxylation is 2. The summed E-state index contributed by atoms with van der Waals surface area (Å²) in [6.45, 7) is 10.6. The van der Waals surface area contributed by atoms with Gasteiger partial charge >= 0.3 is 107 Å². The second kappa shape index (κ2) is 27.3. The van der Waals surface area contributed by atoms with Crippen molar-refractivity contribution in [3.05, 3.63) is 100 Å². The van der Waals surface area contributed by atoms with Crippen LogP contribution in [0.4, 0.5) is 40.3 Å². The Morgan fingerprint density at radius 1 is 0.691 bits per heavy atom. The number of carbonyl (C=O) groups is 2. The summed E-state index contributed by atoms with van der Waals surface area (Å²) in [5, 5.41) is 78.7. The predicted octanol–water partition coefficient (Wildman–Crippen LogP) is -15.1.